The van der Waals surface area contributed by atoms with Crippen molar-refractivity contribution in [3.63, 3.8) is 0 Å². The number of methoxy groups -OCH3 is 1. The third kappa shape index (κ3) is 4.15. The number of carbonyl (C=O) groups is 1. The summed E-state index contributed by atoms with van der Waals surface area (Å²) in [5.74, 6) is 0.859. The van der Waals surface area contributed by atoms with Crippen LogP contribution >= 0.6 is 15.9 Å². The number of hydrogen-bond donors (Lipinski definition) is 2. The maximum absolute atomic E-state index is 12.3. The van der Waals surface area contributed by atoms with Crippen molar-refractivity contribution >= 4 is 27.5 Å². The van der Waals surface area contributed by atoms with Crippen LogP contribution in [0.25, 0.3) is 0 Å². The van der Waals surface area contributed by atoms with Crippen molar-refractivity contribution in [2.75, 3.05) is 19.0 Å². The zero-order valence-corrected chi connectivity index (χ0v) is 16.2. The van der Waals surface area contributed by atoms with Crippen LogP contribution in [0.4, 0.5) is 5.69 Å². The summed E-state index contributed by atoms with van der Waals surface area (Å²) in [4.78, 5) is 12.3. The van der Waals surface area contributed by atoms with E-state index in [2.05, 4.69) is 38.7 Å². The van der Waals surface area contributed by atoms with Crippen molar-refractivity contribution in [3.05, 3.63) is 57.6 Å². The van der Waals surface area contributed by atoms with E-state index in [0.29, 0.717) is 13.0 Å². The van der Waals surface area contributed by atoms with Crippen LogP contribution in [0.5, 0.6) is 5.75 Å². The first-order valence-corrected chi connectivity index (χ1v) is 9.33. The second-order valence-corrected chi connectivity index (χ2v) is 7.20. The topological polar surface area (TPSA) is 50.4 Å². The molecule has 2 aromatic rings. The first-order valence-electron chi connectivity index (χ1n) is 8.53. The summed E-state index contributed by atoms with van der Waals surface area (Å²) in [7, 11) is 1.65. The highest BCUT2D eigenvalue weighted by molar-refractivity contribution is 9.10. The quantitative estimate of drug-likeness (QED) is 0.753. The van der Waals surface area contributed by atoms with Crippen molar-refractivity contribution in [3.8, 4) is 5.75 Å². The molecule has 0 aromatic heterocycles. The highest BCUT2D eigenvalue weighted by Crippen LogP contribution is 2.35. The van der Waals surface area contributed by atoms with Gasteiger partial charge < -0.3 is 15.4 Å². The molecule has 1 aliphatic carbocycles. The smallest absolute Gasteiger partial charge is 0.222 e. The monoisotopic (exact) mass is 402 g/mol. The van der Waals surface area contributed by atoms with Gasteiger partial charge in [-0.05, 0) is 54.7 Å². The van der Waals surface area contributed by atoms with E-state index in [0.717, 1.165) is 34.3 Å². The Bertz CT molecular complexity index is 776. The fraction of sp³-hybridized carbons (Fsp3) is 0.350. The Labute approximate surface area is 157 Å². The van der Waals surface area contributed by atoms with Gasteiger partial charge in [0, 0.05) is 17.4 Å². The molecule has 1 unspecified atom stereocenters. The Kier molecular flexibility index (Phi) is 5.63. The van der Waals surface area contributed by atoms with E-state index < -0.39 is 0 Å². The van der Waals surface area contributed by atoms with Crippen LogP contribution in [0.1, 0.15) is 35.6 Å². The summed E-state index contributed by atoms with van der Waals surface area (Å²) in [6.07, 6.45) is 2.39. The third-order valence-electron chi connectivity index (χ3n) is 4.57. The fourth-order valence-electron chi connectivity index (χ4n) is 3.30. The number of hydrogen-bond acceptors (Lipinski definition) is 3. The number of carbonyl (C=O) groups excluding carboxylic acids is 1. The van der Waals surface area contributed by atoms with E-state index in [4.69, 9.17) is 4.74 Å². The molecule has 25 heavy (non-hydrogen) atoms. The average Bonchev–Trinajstić information content (AvgIpc) is 2.99. The number of halogens is 1. The van der Waals surface area contributed by atoms with Crippen LogP contribution in [0.3, 0.4) is 0 Å². The van der Waals surface area contributed by atoms with E-state index in [1.165, 1.54) is 11.1 Å². The van der Waals surface area contributed by atoms with Crippen molar-refractivity contribution < 1.29 is 9.53 Å². The fourth-order valence-corrected chi connectivity index (χ4v) is 3.88. The number of aryl methyl sites for hydroxylation is 1. The van der Waals surface area contributed by atoms with Gasteiger partial charge in [-0.25, -0.2) is 0 Å². The van der Waals surface area contributed by atoms with Gasteiger partial charge in [0.05, 0.1) is 18.8 Å². The lowest BCUT2D eigenvalue weighted by molar-refractivity contribution is -0.121. The summed E-state index contributed by atoms with van der Waals surface area (Å²) in [6, 6.07) is 12.3. The highest BCUT2D eigenvalue weighted by atomic mass is 79.9. The van der Waals surface area contributed by atoms with Gasteiger partial charge >= 0.3 is 0 Å². The van der Waals surface area contributed by atoms with Crippen LogP contribution in [-0.2, 0) is 11.2 Å². The Morgan fingerprint density at radius 3 is 2.96 bits per heavy atom. The molecule has 1 atom stereocenters. The second-order valence-electron chi connectivity index (χ2n) is 6.35. The van der Waals surface area contributed by atoms with E-state index in [1.54, 1.807) is 7.11 Å². The zero-order valence-electron chi connectivity index (χ0n) is 14.6. The van der Waals surface area contributed by atoms with Gasteiger partial charge in [0.25, 0.3) is 0 Å². The van der Waals surface area contributed by atoms with Crippen LogP contribution in [-0.4, -0.2) is 19.6 Å². The molecule has 0 radical (unpaired) electrons. The molecule has 0 aliphatic heterocycles. The van der Waals surface area contributed by atoms with Crippen molar-refractivity contribution in [2.45, 2.75) is 32.2 Å². The minimum atomic E-state index is 0.0666. The molecule has 1 amide bonds. The van der Waals surface area contributed by atoms with Crippen molar-refractivity contribution in [2.24, 2.45) is 0 Å². The molecule has 132 valence electrons. The summed E-state index contributed by atoms with van der Waals surface area (Å²) >= 11 is 3.59. The maximum Gasteiger partial charge on any atom is 0.222 e. The molecule has 2 N–H and O–H groups in total. The number of nitrogens with one attached hydrogen (secondary N) is 2. The first kappa shape index (κ1) is 17.8. The highest BCUT2D eigenvalue weighted by Gasteiger charge is 2.25. The number of ether oxygens (including phenoxy) is 1. The summed E-state index contributed by atoms with van der Waals surface area (Å²) in [6.45, 7) is 2.61. The zero-order chi connectivity index (χ0) is 17.8. The van der Waals surface area contributed by atoms with E-state index in [-0.39, 0.29) is 11.9 Å². The number of anilines is 1. The predicted octanol–water partition coefficient (Wildman–Crippen LogP) is 4.37. The molecule has 0 bridgehead atoms. The Hall–Kier alpha value is -2.01. The summed E-state index contributed by atoms with van der Waals surface area (Å²) in [5, 5.41) is 6.45. The number of amides is 1. The maximum atomic E-state index is 12.3. The number of benzene rings is 2. The molecule has 5 heteroatoms. The van der Waals surface area contributed by atoms with Crippen LogP contribution in [0.15, 0.2) is 40.9 Å². The van der Waals surface area contributed by atoms with Gasteiger partial charge in [0.2, 0.25) is 5.91 Å². The molecular formula is C20H23BrN2O2. The van der Waals surface area contributed by atoms with Crippen molar-refractivity contribution in [1.29, 1.82) is 0 Å². The lowest BCUT2D eigenvalue weighted by Gasteiger charge is -2.15. The van der Waals surface area contributed by atoms with Crippen LogP contribution < -0.4 is 15.4 Å². The predicted molar refractivity (Wildman–Crippen MR) is 104 cm³/mol. The molecule has 0 fully saturated rings. The molecule has 0 saturated carbocycles. The molecule has 1 aliphatic rings. The van der Waals surface area contributed by atoms with E-state index in [9.17, 15) is 4.79 Å². The SMILES string of the molecule is COc1ccc(C)cc1NCCC(=O)NC1CCc2c(Br)cccc21. The summed E-state index contributed by atoms with van der Waals surface area (Å²) in [5.41, 5.74) is 4.62. The van der Waals surface area contributed by atoms with Gasteiger partial charge in [-0.1, -0.05) is 34.1 Å². The lowest BCUT2D eigenvalue weighted by atomic mass is 10.1. The van der Waals surface area contributed by atoms with Crippen molar-refractivity contribution in [1.82, 2.24) is 5.32 Å². The summed E-state index contributed by atoms with van der Waals surface area (Å²) < 4.78 is 6.48. The first-order chi connectivity index (χ1) is 12.1. The largest absolute Gasteiger partial charge is 0.495 e. The Morgan fingerprint density at radius 2 is 2.16 bits per heavy atom. The molecular weight excluding hydrogens is 380 g/mol. The van der Waals surface area contributed by atoms with Crippen LogP contribution in [0, 0.1) is 6.92 Å². The van der Waals surface area contributed by atoms with Crippen LogP contribution in [0.2, 0.25) is 0 Å². The Morgan fingerprint density at radius 1 is 1.32 bits per heavy atom. The van der Waals surface area contributed by atoms with Gasteiger partial charge in [0.1, 0.15) is 5.75 Å². The Balaban J connectivity index is 1.53. The molecule has 0 saturated heterocycles. The average molecular weight is 403 g/mol. The molecule has 3 rings (SSSR count). The lowest BCUT2D eigenvalue weighted by Crippen LogP contribution is -2.28. The normalized spacial score (nSPS) is 15.6. The molecule has 0 spiro atoms. The van der Waals surface area contributed by atoms with Gasteiger partial charge in [-0.15, -0.1) is 0 Å². The van der Waals surface area contributed by atoms with Gasteiger partial charge in [0.15, 0.2) is 0 Å². The molecule has 4 nitrogen and oxygen atoms in total. The van der Waals surface area contributed by atoms with E-state index >= 15 is 0 Å². The van der Waals surface area contributed by atoms with E-state index in [1.807, 2.05) is 31.2 Å². The molecule has 2 aromatic carbocycles. The number of fused-ring (bicyclic) bond motifs is 1. The molecule has 0 heterocycles. The minimum absolute atomic E-state index is 0.0666. The third-order valence-corrected chi connectivity index (χ3v) is 5.31. The minimum Gasteiger partial charge on any atom is -0.495 e. The number of rotatable bonds is 6. The van der Waals surface area contributed by atoms with Gasteiger partial charge in [-0.2, -0.15) is 0 Å². The standard InChI is InChI=1S/C20H23BrN2O2/c1-13-6-9-19(25-2)18(12-13)22-11-10-20(24)23-17-8-7-14-15(17)4-3-5-16(14)21/h3-6,9,12,17,22H,7-8,10-11H2,1-2H3,(H,23,24). The second kappa shape index (κ2) is 7.91. The van der Waals surface area contributed by atoms with Gasteiger partial charge in [-0.3, -0.25) is 4.79 Å².